The van der Waals surface area contributed by atoms with Crippen molar-refractivity contribution in [2.24, 2.45) is 0 Å². The SMILES string of the molecule is CC(NC(=O)NCc1ccccc1S(=O)(=O)N1CCCCC1)c1ccccc1Br. The maximum Gasteiger partial charge on any atom is 0.315 e. The number of hydrogen-bond donors (Lipinski definition) is 2. The van der Waals surface area contributed by atoms with Crippen LogP contribution >= 0.6 is 15.9 Å². The van der Waals surface area contributed by atoms with Crippen molar-refractivity contribution in [3.8, 4) is 0 Å². The van der Waals surface area contributed by atoms with Crippen LogP contribution in [-0.2, 0) is 16.6 Å². The smallest absolute Gasteiger partial charge is 0.315 e. The zero-order chi connectivity index (χ0) is 20.9. The second kappa shape index (κ2) is 9.73. The van der Waals surface area contributed by atoms with E-state index in [-0.39, 0.29) is 23.5 Å². The standard InChI is InChI=1S/C21H26BrN3O3S/c1-16(18-10-4-5-11-19(18)22)24-21(26)23-15-17-9-3-6-12-20(17)29(27,28)25-13-7-2-8-14-25/h3-6,9-12,16H,2,7-8,13-15H2,1H3,(H2,23,24,26). The molecule has 2 amide bonds. The molecule has 2 aromatic carbocycles. The molecule has 6 nitrogen and oxygen atoms in total. The molecule has 1 unspecified atom stereocenters. The van der Waals surface area contributed by atoms with E-state index < -0.39 is 10.0 Å². The molecule has 1 aliphatic heterocycles. The zero-order valence-corrected chi connectivity index (χ0v) is 18.8. The third kappa shape index (κ3) is 5.38. The Bertz CT molecular complexity index is 959. The molecule has 1 atom stereocenters. The minimum Gasteiger partial charge on any atom is -0.334 e. The molecule has 8 heteroatoms. The van der Waals surface area contributed by atoms with Gasteiger partial charge in [0.05, 0.1) is 10.9 Å². The molecule has 3 rings (SSSR count). The van der Waals surface area contributed by atoms with Crippen molar-refractivity contribution >= 4 is 32.0 Å². The van der Waals surface area contributed by atoms with E-state index in [4.69, 9.17) is 0 Å². The van der Waals surface area contributed by atoms with E-state index in [1.54, 1.807) is 28.6 Å². The van der Waals surface area contributed by atoms with Gasteiger partial charge in [0.1, 0.15) is 0 Å². The molecule has 0 aromatic heterocycles. The van der Waals surface area contributed by atoms with Crippen molar-refractivity contribution in [2.45, 2.75) is 43.7 Å². The first kappa shape index (κ1) is 21.8. The fourth-order valence-electron chi connectivity index (χ4n) is 3.47. The van der Waals surface area contributed by atoms with Crippen molar-refractivity contribution in [3.05, 3.63) is 64.1 Å². The quantitative estimate of drug-likeness (QED) is 0.651. The lowest BCUT2D eigenvalue weighted by Crippen LogP contribution is -2.38. The average molecular weight is 480 g/mol. The van der Waals surface area contributed by atoms with Crippen molar-refractivity contribution in [2.75, 3.05) is 13.1 Å². The van der Waals surface area contributed by atoms with Crippen LogP contribution in [-0.4, -0.2) is 31.8 Å². The van der Waals surface area contributed by atoms with E-state index in [0.717, 1.165) is 29.3 Å². The van der Waals surface area contributed by atoms with Crippen LogP contribution in [0, 0.1) is 0 Å². The predicted octanol–water partition coefficient (Wildman–Crippen LogP) is 4.18. The summed E-state index contributed by atoms with van der Waals surface area (Å²) in [5.41, 5.74) is 1.55. The molecule has 0 spiro atoms. The van der Waals surface area contributed by atoms with Crippen LogP contribution in [0.5, 0.6) is 0 Å². The van der Waals surface area contributed by atoms with Gasteiger partial charge in [-0.25, -0.2) is 13.2 Å². The first-order chi connectivity index (χ1) is 13.9. The first-order valence-corrected chi connectivity index (χ1v) is 12.0. The van der Waals surface area contributed by atoms with Crippen molar-refractivity contribution in [3.63, 3.8) is 0 Å². The number of amides is 2. The molecule has 2 aromatic rings. The van der Waals surface area contributed by atoms with Crippen LogP contribution in [0.15, 0.2) is 57.9 Å². The topological polar surface area (TPSA) is 78.5 Å². The highest BCUT2D eigenvalue weighted by molar-refractivity contribution is 9.10. The normalized spacial score (nSPS) is 16.2. The van der Waals surface area contributed by atoms with Gasteiger partial charge in [0, 0.05) is 24.1 Å². The number of rotatable bonds is 6. The minimum atomic E-state index is -3.56. The third-order valence-corrected chi connectivity index (χ3v) is 7.79. The molecule has 0 aliphatic carbocycles. The number of carbonyl (C=O) groups is 1. The van der Waals surface area contributed by atoms with Crippen LogP contribution in [0.3, 0.4) is 0 Å². The molecule has 156 valence electrons. The Hall–Kier alpha value is -1.90. The minimum absolute atomic E-state index is 0.137. The largest absolute Gasteiger partial charge is 0.334 e. The molecule has 0 bridgehead atoms. The Morgan fingerprint density at radius 2 is 1.72 bits per heavy atom. The molecule has 1 aliphatic rings. The summed E-state index contributed by atoms with van der Waals surface area (Å²) in [6.45, 7) is 3.13. The van der Waals surface area contributed by atoms with E-state index in [0.29, 0.717) is 18.7 Å². The maximum atomic E-state index is 13.0. The second-order valence-corrected chi connectivity index (χ2v) is 9.90. The first-order valence-electron chi connectivity index (χ1n) is 9.76. The summed E-state index contributed by atoms with van der Waals surface area (Å²) in [5.74, 6) is 0. The molecular formula is C21H26BrN3O3S. The summed E-state index contributed by atoms with van der Waals surface area (Å²) in [6, 6.07) is 14.0. The van der Waals surface area contributed by atoms with E-state index in [1.807, 2.05) is 31.2 Å². The fourth-order valence-corrected chi connectivity index (χ4v) is 5.84. The van der Waals surface area contributed by atoms with Crippen LogP contribution in [0.2, 0.25) is 0 Å². The van der Waals surface area contributed by atoms with Gasteiger partial charge in [0.2, 0.25) is 10.0 Å². The predicted molar refractivity (Wildman–Crippen MR) is 117 cm³/mol. The van der Waals surface area contributed by atoms with Crippen molar-refractivity contribution in [1.29, 1.82) is 0 Å². The monoisotopic (exact) mass is 479 g/mol. The highest BCUT2D eigenvalue weighted by Gasteiger charge is 2.28. The summed E-state index contributed by atoms with van der Waals surface area (Å²) in [6.07, 6.45) is 2.83. The number of carbonyl (C=O) groups excluding carboxylic acids is 1. The van der Waals surface area contributed by atoms with Gasteiger partial charge in [-0.15, -0.1) is 0 Å². The van der Waals surface area contributed by atoms with Gasteiger partial charge in [0.25, 0.3) is 0 Å². The summed E-state index contributed by atoms with van der Waals surface area (Å²) in [7, 11) is -3.56. The molecule has 1 fully saturated rings. The summed E-state index contributed by atoms with van der Waals surface area (Å²) >= 11 is 3.49. The Morgan fingerprint density at radius 3 is 2.45 bits per heavy atom. The summed E-state index contributed by atoms with van der Waals surface area (Å²) < 4.78 is 28.6. The van der Waals surface area contributed by atoms with Crippen LogP contribution in [0.25, 0.3) is 0 Å². The second-order valence-electron chi connectivity index (χ2n) is 7.14. The van der Waals surface area contributed by atoms with Gasteiger partial charge in [-0.2, -0.15) is 4.31 Å². The van der Waals surface area contributed by atoms with Gasteiger partial charge in [-0.05, 0) is 43.0 Å². The number of nitrogens with one attached hydrogen (secondary N) is 2. The number of nitrogens with zero attached hydrogens (tertiary/aromatic N) is 1. The molecule has 0 radical (unpaired) electrons. The number of sulfonamides is 1. The molecule has 0 saturated carbocycles. The Labute approximate surface area is 180 Å². The molecule has 2 N–H and O–H groups in total. The lowest BCUT2D eigenvalue weighted by Gasteiger charge is -2.27. The average Bonchev–Trinajstić information content (AvgIpc) is 2.73. The Kier molecular flexibility index (Phi) is 7.32. The Morgan fingerprint density at radius 1 is 1.07 bits per heavy atom. The van der Waals surface area contributed by atoms with E-state index in [2.05, 4.69) is 26.6 Å². The third-order valence-electron chi connectivity index (χ3n) is 5.06. The van der Waals surface area contributed by atoms with Crippen molar-refractivity contribution in [1.82, 2.24) is 14.9 Å². The molecule has 1 saturated heterocycles. The fraction of sp³-hybridized carbons (Fsp3) is 0.381. The van der Waals surface area contributed by atoms with Gasteiger partial charge >= 0.3 is 6.03 Å². The lowest BCUT2D eigenvalue weighted by molar-refractivity contribution is 0.237. The molecule has 1 heterocycles. The van der Waals surface area contributed by atoms with Crippen LogP contribution in [0.1, 0.15) is 43.4 Å². The number of benzene rings is 2. The van der Waals surface area contributed by atoms with Crippen molar-refractivity contribution < 1.29 is 13.2 Å². The van der Waals surface area contributed by atoms with Gasteiger partial charge in [-0.3, -0.25) is 0 Å². The van der Waals surface area contributed by atoms with E-state index >= 15 is 0 Å². The molecular weight excluding hydrogens is 454 g/mol. The zero-order valence-electron chi connectivity index (χ0n) is 16.4. The van der Waals surface area contributed by atoms with E-state index in [9.17, 15) is 13.2 Å². The van der Waals surface area contributed by atoms with Gasteiger partial charge in [-0.1, -0.05) is 58.7 Å². The molecule has 29 heavy (non-hydrogen) atoms. The van der Waals surface area contributed by atoms with E-state index in [1.165, 1.54) is 0 Å². The van der Waals surface area contributed by atoms with Crippen LogP contribution in [0.4, 0.5) is 4.79 Å². The van der Waals surface area contributed by atoms with Gasteiger partial charge in [0.15, 0.2) is 0 Å². The van der Waals surface area contributed by atoms with Crippen LogP contribution < -0.4 is 10.6 Å². The highest BCUT2D eigenvalue weighted by atomic mass is 79.9. The number of piperidine rings is 1. The van der Waals surface area contributed by atoms with Gasteiger partial charge < -0.3 is 10.6 Å². The maximum absolute atomic E-state index is 13.0. The lowest BCUT2D eigenvalue weighted by atomic mass is 10.1. The summed E-state index contributed by atoms with van der Waals surface area (Å²) in [4.78, 5) is 12.6. The Balaban J connectivity index is 1.67. The number of halogens is 1. The number of urea groups is 1. The summed E-state index contributed by atoms with van der Waals surface area (Å²) in [5, 5.41) is 5.68. The number of hydrogen-bond acceptors (Lipinski definition) is 3. The highest BCUT2D eigenvalue weighted by Crippen LogP contribution is 2.24.